The van der Waals surface area contributed by atoms with Crippen LogP contribution in [0.3, 0.4) is 0 Å². The Balaban J connectivity index is 1.74. The monoisotopic (exact) mass is 268 g/mol. The van der Waals surface area contributed by atoms with Crippen molar-refractivity contribution in [2.45, 2.75) is 31.4 Å². The number of rotatable bonds is 5. The topological polar surface area (TPSA) is 69.8 Å². The van der Waals surface area contributed by atoms with E-state index >= 15 is 0 Å². The number of nitrogens with zero attached hydrogens (tertiary/aromatic N) is 1. The molecule has 0 radical (unpaired) electrons. The number of aromatic nitrogens is 2. The summed E-state index contributed by atoms with van der Waals surface area (Å²) in [5.74, 6) is 1.32. The van der Waals surface area contributed by atoms with Crippen LogP contribution in [0.1, 0.15) is 25.3 Å². The van der Waals surface area contributed by atoms with Crippen LogP contribution in [-0.4, -0.2) is 40.2 Å². The molecule has 0 bridgehead atoms. The first-order chi connectivity index (χ1) is 8.79. The van der Waals surface area contributed by atoms with Crippen molar-refractivity contribution in [3.8, 4) is 0 Å². The van der Waals surface area contributed by atoms with E-state index in [1.165, 1.54) is 0 Å². The van der Waals surface area contributed by atoms with E-state index in [2.05, 4.69) is 20.8 Å². The predicted octanol–water partition coefficient (Wildman–Crippen LogP) is 1.40. The minimum Gasteiger partial charge on any atom is -0.317 e. The third kappa shape index (κ3) is 3.74. The van der Waals surface area contributed by atoms with Crippen molar-refractivity contribution >= 4 is 23.5 Å². The van der Waals surface area contributed by atoms with Crippen molar-refractivity contribution in [1.29, 1.82) is 0 Å². The third-order valence-corrected chi connectivity index (χ3v) is 4.47. The maximum atomic E-state index is 11.8. The van der Waals surface area contributed by atoms with Gasteiger partial charge in [-0.05, 0) is 32.4 Å². The van der Waals surface area contributed by atoms with Crippen LogP contribution in [0.5, 0.6) is 0 Å². The normalized spacial score (nSPS) is 16.7. The predicted molar refractivity (Wildman–Crippen MR) is 74.9 cm³/mol. The number of amides is 1. The summed E-state index contributed by atoms with van der Waals surface area (Å²) < 4.78 is 0. The first kappa shape index (κ1) is 13.4. The number of carbonyl (C=O) groups is 1. The van der Waals surface area contributed by atoms with Crippen LogP contribution in [0.25, 0.3) is 0 Å². The Morgan fingerprint density at radius 3 is 3.06 bits per heavy atom. The molecule has 18 heavy (non-hydrogen) atoms. The fraction of sp³-hybridized carbons (Fsp3) is 0.667. The Morgan fingerprint density at radius 2 is 2.33 bits per heavy atom. The molecule has 2 heterocycles. The van der Waals surface area contributed by atoms with Crippen LogP contribution in [0.2, 0.25) is 0 Å². The van der Waals surface area contributed by atoms with Gasteiger partial charge in [-0.15, -0.1) is 11.8 Å². The Labute approximate surface area is 111 Å². The average Bonchev–Trinajstić information content (AvgIpc) is 2.85. The van der Waals surface area contributed by atoms with E-state index in [9.17, 15) is 4.79 Å². The summed E-state index contributed by atoms with van der Waals surface area (Å²) in [7, 11) is 0. The summed E-state index contributed by atoms with van der Waals surface area (Å²) in [4.78, 5) is 11.8. The van der Waals surface area contributed by atoms with E-state index in [-0.39, 0.29) is 5.91 Å². The van der Waals surface area contributed by atoms with Gasteiger partial charge in [-0.1, -0.05) is 6.92 Å². The molecular formula is C12H20N4OS. The summed E-state index contributed by atoms with van der Waals surface area (Å²) >= 11 is 1.75. The van der Waals surface area contributed by atoms with Crippen molar-refractivity contribution in [2.75, 3.05) is 24.2 Å². The highest BCUT2D eigenvalue weighted by Crippen LogP contribution is 2.20. The molecule has 1 aromatic rings. The van der Waals surface area contributed by atoms with Gasteiger partial charge in [0.2, 0.25) is 5.91 Å². The number of piperidine rings is 1. The molecule has 5 nitrogen and oxygen atoms in total. The zero-order valence-electron chi connectivity index (χ0n) is 10.7. The minimum atomic E-state index is 0.0532. The number of aryl methyl sites for hydroxylation is 1. The number of hydrogen-bond acceptors (Lipinski definition) is 4. The smallest absolute Gasteiger partial charge is 0.235 e. The van der Waals surface area contributed by atoms with Gasteiger partial charge in [-0.25, -0.2) is 0 Å². The molecule has 1 aliphatic rings. The highest BCUT2D eigenvalue weighted by molar-refractivity contribution is 8.00. The Hall–Kier alpha value is -1.01. The van der Waals surface area contributed by atoms with Crippen molar-refractivity contribution in [2.24, 2.45) is 0 Å². The third-order valence-electron chi connectivity index (χ3n) is 3.10. The molecule has 0 atom stereocenters. The molecule has 2 rings (SSSR count). The first-order valence-electron chi connectivity index (χ1n) is 6.44. The molecule has 0 aliphatic carbocycles. The molecule has 100 valence electrons. The van der Waals surface area contributed by atoms with Gasteiger partial charge in [0.1, 0.15) is 5.82 Å². The summed E-state index contributed by atoms with van der Waals surface area (Å²) in [5.41, 5.74) is 1.05. The van der Waals surface area contributed by atoms with Gasteiger partial charge in [0.25, 0.3) is 0 Å². The fourth-order valence-corrected chi connectivity index (χ4v) is 3.05. The van der Waals surface area contributed by atoms with E-state index in [0.717, 1.165) is 43.7 Å². The molecule has 0 saturated carbocycles. The number of anilines is 1. The Morgan fingerprint density at radius 1 is 1.56 bits per heavy atom. The molecular weight excluding hydrogens is 248 g/mol. The van der Waals surface area contributed by atoms with Crippen molar-refractivity contribution in [3.05, 3.63) is 11.8 Å². The number of hydrogen-bond donors (Lipinski definition) is 3. The standard InChI is InChI=1S/C12H20N4OS/c1-2-9-7-14-16-12(9)15-11(17)8-18-10-3-5-13-6-4-10/h7,10,13H,2-6,8H2,1H3,(H2,14,15,16,17). The van der Waals surface area contributed by atoms with Crippen LogP contribution in [0.15, 0.2) is 6.20 Å². The summed E-state index contributed by atoms with van der Waals surface area (Å²) in [6.45, 7) is 4.18. The van der Waals surface area contributed by atoms with E-state index in [4.69, 9.17) is 0 Å². The molecule has 0 spiro atoms. The summed E-state index contributed by atoms with van der Waals surface area (Å²) in [5, 5.41) is 13.6. The van der Waals surface area contributed by atoms with Gasteiger partial charge >= 0.3 is 0 Å². The maximum absolute atomic E-state index is 11.8. The quantitative estimate of drug-likeness (QED) is 0.755. The largest absolute Gasteiger partial charge is 0.317 e. The fourth-order valence-electron chi connectivity index (χ4n) is 2.02. The molecule has 1 aromatic heterocycles. The number of nitrogens with one attached hydrogen (secondary N) is 3. The number of carbonyl (C=O) groups excluding carboxylic acids is 1. The first-order valence-corrected chi connectivity index (χ1v) is 7.49. The lowest BCUT2D eigenvalue weighted by atomic mass is 10.2. The van der Waals surface area contributed by atoms with Crippen molar-refractivity contribution in [1.82, 2.24) is 15.5 Å². The minimum absolute atomic E-state index is 0.0532. The zero-order valence-corrected chi connectivity index (χ0v) is 11.5. The lowest BCUT2D eigenvalue weighted by Crippen LogP contribution is -2.30. The highest BCUT2D eigenvalue weighted by Gasteiger charge is 2.15. The van der Waals surface area contributed by atoms with Crippen LogP contribution < -0.4 is 10.6 Å². The van der Waals surface area contributed by atoms with Gasteiger partial charge in [0.15, 0.2) is 0 Å². The molecule has 1 amide bonds. The molecule has 6 heteroatoms. The molecule has 3 N–H and O–H groups in total. The summed E-state index contributed by atoms with van der Waals surface area (Å²) in [6, 6.07) is 0. The number of aromatic amines is 1. The van der Waals surface area contributed by atoms with Crippen LogP contribution in [0, 0.1) is 0 Å². The number of thioether (sulfide) groups is 1. The van der Waals surface area contributed by atoms with E-state index < -0.39 is 0 Å². The lowest BCUT2D eigenvalue weighted by molar-refractivity contribution is -0.113. The van der Waals surface area contributed by atoms with Crippen LogP contribution >= 0.6 is 11.8 Å². The molecule has 1 aliphatic heterocycles. The molecule has 1 fully saturated rings. The van der Waals surface area contributed by atoms with E-state index in [1.807, 2.05) is 6.92 Å². The van der Waals surface area contributed by atoms with Gasteiger partial charge in [-0.3, -0.25) is 9.89 Å². The molecule has 0 aromatic carbocycles. The second kappa shape index (κ2) is 6.80. The SMILES string of the molecule is CCc1cn[nH]c1NC(=O)CSC1CCNCC1. The lowest BCUT2D eigenvalue weighted by Gasteiger charge is -2.21. The van der Waals surface area contributed by atoms with Crippen molar-refractivity contribution in [3.63, 3.8) is 0 Å². The highest BCUT2D eigenvalue weighted by atomic mass is 32.2. The van der Waals surface area contributed by atoms with E-state index in [1.54, 1.807) is 18.0 Å². The van der Waals surface area contributed by atoms with Crippen LogP contribution in [-0.2, 0) is 11.2 Å². The Kier molecular flexibility index (Phi) is 5.07. The average molecular weight is 268 g/mol. The van der Waals surface area contributed by atoms with Crippen molar-refractivity contribution < 1.29 is 4.79 Å². The van der Waals surface area contributed by atoms with Gasteiger partial charge < -0.3 is 10.6 Å². The van der Waals surface area contributed by atoms with Gasteiger partial charge in [0.05, 0.1) is 11.9 Å². The second-order valence-electron chi connectivity index (χ2n) is 4.43. The summed E-state index contributed by atoms with van der Waals surface area (Å²) in [6.07, 6.45) is 4.94. The van der Waals surface area contributed by atoms with E-state index in [0.29, 0.717) is 11.0 Å². The number of H-pyrrole nitrogens is 1. The second-order valence-corrected chi connectivity index (χ2v) is 5.72. The van der Waals surface area contributed by atoms with Crippen LogP contribution in [0.4, 0.5) is 5.82 Å². The van der Waals surface area contributed by atoms with Gasteiger partial charge in [0, 0.05) is 10.8 Å². The maximum Gasteiger partial charge on any atom is 0.235 e. The zero-order chi connectivity index (χ0) is 12.8. The Bertz CT molecular complexity index is 387. The molecule has 1 saturated heterocycles. The molecule has 0 unspecified atom stereocenters. The van der Waals surface area contributed by atoms with Gasteiger partial charge in [-0.2, -0.15) is 5.10 Å².